The predicted molar refractivity (Wildman–Crippen MR) is 168 cm³/mol. The van der Waals surface area contributed by atoms with E-state index in [9.17, 15) is 9.90 Å². The highest BCUT2D eigenvalue weighted by atomic mass is 35.5. The number of nitrogens with one attached hydrogen (secondary N) is 1. The highest BCUT2D eigenvalue weighted by molar-refractivity contribution is 6.30. The molecule has 0 spiro atoms. The van der Waals surface area contributed by atoms with Crippen molar-refractivity contribution in [2.24, 2.45) is 11.8 Å². The van der Waals surface area contributed by atoms with Crippen molar-refractivity contribution in [1.29, 1.82) is 0 Å². The number of ether oxygens (including phenoxy) is 2. The molecule has 0 radical (unpaired) electrons. The molecule has 1 aliphatic carbocycles. The lowest BCUT2D eigenvalue weighted by Gasteiger charge is -2.20. The fourth-order valence-corrected chi connectivity index (χ4v) is 5.62. The van der Waals surface area contributed by atoms with Crippen LogP contribution in [0.15, 0.2) is 72.8 Å². The zero-order valence-corrected chi connectivity index (χ0v) is 25.8. The molecule has 1 saturated carbocycles. The minimum absolute atomic E-state index is 0. The third kappa shape index (κ3) is 9.00. The Balaban J connectivity index is 0.00000231. The van der Waals surface area contributed by atoms with Crippen molar-refractivity contribution < 1.29 is 19.4 Å². The molecule has 2 unspecified atom stereocenters. The van der Waals surface area contributed by atoms with Crippen LogP contribution in [0.1, 0.15) is 36.5 Å². The van der Waals surface area contributed by atoms with E-state index in [4.69, 9.17) is 21.1 Å². The second-order valence-corrected chi connectivity index (χ2v) is 11.4. The summed E-state index contributed by atoms with van der Waals surface area (Å²) in [5.74, 6) is 2.24. The van der Waals surface area contributed by atoms with Crippen molar-refractivity contribution in [3.63, 3.8) is 0 Å². The molecule has 0 amide bonds. The van der Waals surface area contributed by atoms with Crippen LogP contribution in [-0.4, -0.2) is 54.4 Å². The molecule has 5 rings (SSSR count). The highest BCUT2D eigenvalue weighted by Gasteiger charge is 2.55. The molecule has 6 nitrogen and oxygen atoms in total. The fraction of sp³-hybridized carbons (Fsp3) is 0.406. The molecule has 222 valence electrons. The fourth-order valence-electron chi connectivity index (χ4n) is 5.50. The average molecular weight is 622 g/mol. The molecule has 3 aromatic carbocycles. The van der Waals surface area contributed by atoms with Crippen LogP contribution in [0, 0.1) is 11.8 Å². The van der Waals surface area contributed by atoms with Gasteiger partial charge in [-0.25, -0.2) is 4.79 Å². The number of carboxylic acid groups (broad SMARTS) is 1. The molecule has 0 aromatic heterocycles. The van der Waals surface area contributed by atoms with Crippen LogP contribution in [0.2, 0.25) is 5.02 Å². The van der Waals surface area contributed by atoms with Crippen molar-refractivity contribution in [1.82, 2.24) is 10.2 Å². The molecule has 2 aliphatic rings. The van der Waals surface area contributed by atoms with Crippen LogP contribution in [0.3, 0.4) is 0 Å². The summed E-state index contributed by atoms with van der Waals surface area (Å²) < 4.78 is 11.7. The number of aliphatic carboxylic acids is 1. The van der Waals surface area contributed by atoms with Crippen LogP contribution < -0.4 is 14.8 Å². The summed E-state index contributed by atoms with van der Waals surface area (Å²) in [4.78, 5) is 14.3. The second kappa shape index (κ2) is 15.1. The van der Waals surface area contributed by atoms with Crippen LogP contribution >= 0.6 is 36.4 Å². The number of likely N-dealkylation sites (tertiary alicyclic amines) is 1. The molecule has 1 aliphatic heterocycles. The Bertz CT molecular complexity index is 1230. The zero-order chi connectivity index (χ0) is 27.4. The molecular weight excluding hydrogens is 583 g/mol. The van der Waals surface area contributed by atoms with E-state index in [1.807, 2.05) is 60.7 Å². The Hall–Kier alpha value is -2.48. The number of piperidine rings is 1. The number of carbonyl (C=O) groups is 1. The largest absolute Gasteiger partial charge is 0.492 e. The monoisotopic (exact) mass is 620 g/mol. The van der Waals surface area contributed by atoms with Crippen molar-refractivity contribution >= 4 is 42.4 Å². The normalized spacial score (nSPS) is 20.0. The Morgan fingerprint density at radius 3 is 2.10 bits per heavy atom. The number of carboxylic acids is 1. The quantitative estimate of drug-likeness (QED) is 0.213. The maximum atomic E-state index is 11.8. The van der Waals surface area contributed by atoms with E-state index >= 15 is 0 Å². The van der Waals surface area contributed by atoms with Crippen molar-refractivity contribution in [3.05, 3.63) is 94.5 Å². The molecule has 1 saturated heterocycles. The summed E-state index contributed by atoms with van der Waals surface area (Å²) in [6, 6.07) is 24.0. The van der Waals surface area contributed by atoms with Gasteiger partial charge in [-0.2, -0.15) is 0 Å². The lowest BCUT2D eigenvalue weighted by Crippen LogP contribution is -2.33. The van der Waals surface area contributed by atoms with Crippen LogP contribution in [0.25, 0.3) is 0 Å². The van der Waals surface area contributed by atoms with Gasteiger partial charge in [0.15, 0.2) is 6.10 Å². The summed E-state index contributed by atoms with van der Waals surface area (Å²) in [7, 11) is 0. The lowest BCUT2D eigenvalue weighted by molar-refractivity contribution is -0.145. The topological polar surface area (TPSA) is 71.0 Å². The maximum Gasteiger partial charge on any atom is 0.345 e. The minimum Gasteiger partial charge on any atom is -0.492 e. The first-order chi connectivity index (χ1) is 18.9. The summed E-state index contributed by atoms with van der Waals surface area (Å²) in [5, 5.41) is 14.1. The van der Waals surface area contributed by atoms with Crippen molar-refractivity contribution in [2.75, 3.05) is 26.2 Å². The third-order valence-electron chi connectivity index (χ3n) is 7.78. The maximum absolute atomic E-state index is 11.8. The molecule has 3 atom stereocenters. The number of nitrogens with zero attached hydrogens (tertiary/aromatic N) is 1. The highest BCUT2D eigenvalue weighted by Crippen LogP contribution is 2.45. The number of hydrogen-bond acceptors (Lipinski definition) is 5. The molecule has 0 bridgehead atoms. The second-order valence-electron chi connectivity index (χ2n) is 11.0. The van der Waals surface area contributed by atoms with E-state index in [1.165, 1.54) is 11.1 Å². The first kappa shape index (κ1) is 33.0. The van der Waals surface area contributed by atoms with E-state index in [-0.39, 0.29) is 31.2 Å². The minimum atomic E-state index is -0.979. The first-order valence-corrected chi connectivity index (χ1v) is 14.1. The third-order valence-corrected chi connectivity index (χ3v) is 8.04. The molecular formula is C32H39Cl3N2O4. The van der Waals surface area contributed by atoms with Gasteiger partial charge in [0.1, 0.15) is 18.1 Å². The molecule has 1 heterocycles. The van der Waals surface area contributed by atoms with E-state index in [1.54, 1.807) is 0 Å². The Labute approximate surface area is 260 Å². The molecule has 41 heavy (non-hydrogen) atoms. The van der Waals surface area contributed by atoms with E-state index < -0.39 is 12.1 Å². The van der Waals surface area contributed by atoms with Gasteiger partial charge in [-0.1, -0.05) is 61.8 Å². The molecule has 2 fully saturated rings. The van der Waals surface area contributed by atoms with Crippen LogP contribution in [0.4, 0.5) is 0 Å². The van der Waals surface area contributed by atoms with E-state index in [2.05, 4.69) is 36.2 Å². The van der Waals surface area contributed by atoms with Gasteiger partial charge >= 0.3 is 5.97 Å². The Morgan fingerprint density at radius 2 is 1.51 bits per heavy atom. The zero-order valence-electron chi connectivity index (χ0n) is 23.4. The predicted octanol–water partition coefficient (Wildman–Crippen LogP) is 6.48. The number of halogens is 3. The van der Waals surface area contributed by atoms with Gasteiger partial charge in [0.05, 0.1) is 0 Å². The van der Waals surface area contributed by atoms with Gasteiger partial charge in [-0.15, -0.1) is 24.8 Å². The number of rotatable bonds is 13. The van der Waals surface area contributed by atoms with Crippen LogP contribution in [-0.2, 0) is 17.8 Å². The smallest absolute Gasteiger partial charge is 0.345 e. The molecule has 3 aromatic rings. The Morgan fingerprint density at radius 1 is 0.927 bits per heavy atom. The standard InChI is InChI=1S/C32H37ClN2O4.2ClH/c1-21(2)24-7-13-27(14-8-24)39-30(32(36)37)17-22-5-11-26(12-6-22)38-16-15-34-31-28-19-35(20-29(28)31)18-23-3-9-25(33)10-4-23;;/h3-14,21,28-31,34H,15-20H2,1-2H3,(H,36,37);2*1H/t28?,29?,30-,31?;;/m0../s1. The number of benzene rings is 3. The summed E-state index contributed by atoms with van der Waals surface area (Å²) in [6.45, 7) is 8.90. The average Bonchev–Trinajstić information content (AvgIpc) is 3.38. The van der Waals surface area contributed by atoms with Crippen molar-refractivity contribution in [2.45, 2.75) is 44.9 Å². The van der Waals surface area contributed by atoms with E-state index in [0.717, 1.165) is 54.4 Å². The summed E-state index contributed by atoms with van der Waals surface area (Å²) in [5.41, 5.74) is 3.39. The Kier molecular flexibility index (Phi) is 12.2. The van der Waals surface area contributed by atoms with Gasteiger partial charge in [0.2, 0.25) is 0 Å². The van der Waals surface area contributed by atoms with Gasteiger partial charge in [0, 0.05) is 43.7 Å². The molecule has 9 heteroatoms. The summed E-state index contributed by atoms with van der Waals surface area (Å²) >= 11 is 5.99. The molecule has 2 N–H and O–H groups in total. The van der Waals surface area contributed by atoms with Gasteiger partial charge in [0.25, 0.3) is 0 Å². The number of fused-ring (bicyclic) bond motifs is 1. The van der Waals surface area contributed by atoms with Crippen LogP contribution in [0.5, 0.6) is 11.5 Å². The van der Waals surface area contributed by atoms with Gasteiger partial charge in [-0.3, -0.25) is 4.90 Å². The SMILES string of the molecule is CC(C)c1ccc(O[C@@H](Cc2ccc(OCCNC3C4CN(Cc5ccc(Cl)cc5)CC43)cc2)C(=O)O)cc1.Cl.Cl. The van der Waals surface area contributed by atoms with Gasteiger partial charge in [-0.05, 0) is 70.8 Å². The van der Waals surface area contributed by atoms with Gasteiger partial charge < -0.3 is 19.9 Å². The van der Waals surface area contributed by atoms with Crippen molar-refractivity contribution in [3.8, 4) is 11.5 Å². The van der Waals surface area contributed by atoms with E-state index in [0.29, 0.717) is 24.3 Å². The lowest BCUT2D eigenvalue weighted by atomic mass is 10.0. The summed E-state index contributed by atoms with van der Waals surface area (Å²) in [6.07, 6.45) is -0.672. The first-order valence-electron chi connectivity index (χ1n) is 13.8. The number of hydrogen-bond donors (Lipinski definition) is 2.